The van der Waals surface area contributed by atoms with Crippen molar-refractivity contribution in [2.24, 2.45) is 0 Å². The van der Waals surface area contributed by atoms with E-state index < -0.39 is 53.6 Å². The van der Waals surface area contributed by atoms with Gasteiger partial charge < -0.3 is 14.2 Å². The molecule has 0 aliphatic rings. The quantitative estimate of drug-likeness (QED) is 0.0587. The van der Waals surface area contributed by atoms with Crippen LogP contribution in [-0.2, 0) is 4.74 Å². The van der Waals surface area contributed by atoms with Crippen molar-refractivity contribution in [3.8, 4) is 22.9 Å². The van der Waals surface area contributed by atoms with Crippen molar-refractivity contribution in [1.29, 1.82) is 0 Å². The number of carbonyl (C=O) groups excluding carboxylic acids is 2. The number of hydrogen-bond acceptors (Lipinski definition) is 7. The second-order valence-electron chi connectivity index (χ2n) is 10.9. The first-order valence-electron chi connectivity index (χ1n) is 15.6. The molecule has 0 amide bonds. The molecule has 0 aliphatic heterocycles. The lowest BCUT2D eigenvalue weighted by Crippen LogP contribution is -2.33. The highest BCUT2D eigenvalue weighted by Crippen LogP contribution is 2.29. The van der Waals surface area contributed by atoms with E-state index in [-0.39, 0.29) is 23.4 Å². The second-order valence-corrected chi connectivity index (χ2v) is 10.9. The minimum absolute atomic E-state index is 0.00981. The fraction of sp³-hybridized carbons (Fsp3) is 0.471. The van der Waals surface area contributed by atoms with Crippen molar-refractivity contribution in [2.45, 2.75) is 96.8 Å². The van der Waals surface area contributed by atoms with Crippen LogP contribution in [0.25, 0.3) is 11.4 Å². The summed E-state index contributed by atoms with van der Waals surface area (Å²) in [5, 5.41) is 0. The lowest BCUT2D eigenvalue weighted by Gasteiger charge is -2.20. The smallest absolute Gasteiger partial charge is 0.425 e. The number of alkyl halides is 3. The average Bonchev–Trinajstić information content (AvgIpc) is 3.02. The van der Waals surface area contributed by atoms with Gasteiger partial charge in [-0.15, -0.1) is 0 Å². The molecule has 1 unspecified atom stereocenters. The number of nitrogens with zero attached hydrogens (tertiary/aromatic N) is 2. The first-order valence-corrected chi connectivity index (χ1v) is 15.6. The fourth-order valence-electron chi connectivity index (χ4n) is 4.54. The van der Waals surface area contributed by atoms with Gasteiger partial charge in [0, 0.05) is 0 Å². The van der Waals surface area contributed by atoms with E-state index in [2.05, 4.69) is 21.6 Å². The molecule has 0 bridgehead atoms. The molecule has 3 rings (SSSR count). The van der Waals surface area contributed by atoms with Crippen molar-refractivity contribution in [3.63, 3.8) is 0 Å². The first-order chi connectivity index (χ1) is 22.0. The summed E-state index contributed by atoms with van der Waals surface area (Å²) in [5.74, 6) is -4.61. The van der Waals surface area contributed by atoms with Gasteiger partial charge in [0.05, 0.1) is 35.7 Å². The Labute approximate surface area is 265 Å². The molecule has 0 aliphatic carbocycles. The Morgan fingerprint density at radius 3 is 1.98 bits per heavy atom. The Morgan fingerprint density at radius 1 is 0.761 bits per heavy atom. The highest BCUT2D eigenvalue weighted by molar-refractivity contribution is 5.92. The molecule has 0 spiro atoms. The molecule has 0 radical (unpaired) electrons. The molecule has 0 fully saturated rings. The van der Waals surface area contributed by atoms with E-state index in [1.54, 1.807) is 0 Å². The predicted octanol–water partition coefficient (Wildman–Crippen LogP) is 9.44. The van der Waals surface area contributed by atoms with Crippen LogP contribution in [0.15, 0.2) is 48.8 Å². The van der Waals surface area contributed by atoms with E-state index in [1.807, 2.05) is 6.92 Å². The molecule has 1 heterocycles. The summed E-state index contributed by atoms with van der Waals surface area (Å²) >= 11 is 0. The van der Waals surface area contributed by atoms with E-state index in [9.17, 15) is 31.5 Å². The molecule has 0 saturated heterocycles. The highest BCUT2D eigenvalue weighted by atomic mass is 19.4. The number of esters is 2. The standard InChI is InChI=1S/C34H39F5N2O5/c1-3-5-7-9-10-12-18-44-25-21-40-31(41-22-25)26-16-14-23(19-27(26)35)32(42)45-29-17-15-24(20-28(29)36)33(43)46-30(34(37,38)39)13-11-8-6-4-2/h14-17,19-22,30H,3-13,18H2,1-2H3. The number of carbonyl (C=O) groups is 2. The average molecular weight is 651 g/mol. The zero-order valence-electron chi connectivity index (χ0n) is 26.0. The lowest BCUT2D eigenvalue weighted by atomic mass is 10.1. The summed E-state index contributed by atoms with van der Waals surface area (Å²) < 4.78 is 85.0. The molecule has 1 atom stereocenters. The van der Waals surface area contributed by atoms with E-state index in [0.717, 1.165) is 50.3 Å². The van der Waals surface area contributed by atoms with Crippen LogP contribution in [0.3, 0.4) is 0 Å². The number of hydrogen-bond donors (Lipinski definition) is 0. The van der Waals surface area contributed by atoms with Crippen molar-refractivity contribution in [3.05, 3.63) is 71.6 Å². The molecular weight excluding hydrogens is 611 g/mol. The summed E-state index contributed by atoms with van der Waals surface area (Å²) in [4.78, 5) is 33.2. The van der Waals surface area contributed by atoms with Gasteiger partial charge in [-0.1, -0.05) is 65.2 Å². The van der Waals surface area contributed by atoms with Crippen LogP contribution in [0.5, 0.6) is 11.5 Å². The molecule has 7 nitrogen and oxygen atoms in total. The molecule has 12 heteroatoms. The summed E-state index contributed by atoms with van der Waals surface area (Å²) in [6, 6.07) is 5.88. The number of rotatable bonds is 18. The number of unbranched alkanes of at least 4 members (excludes halogenated alkanes) is 8. The molecular formula is C34H39F5N2O5. The van der Waals surface area contributed by atoms with Gasteiger partial charge in [-0.05, 0) is 55.7 Å². The third kappa shape index (κ3) is 11.4. The third-order valence-corrected chi connectivity index (χ3v) is 7.14. The summed E-state index contributed by atoms with van der Waals surface area (Å²) in [6.45, 7) is 4.59. The Hall–Kier alpha value is -4.09. The molecule has 46 heavy (non-hydrogen) atoms. The van der Waals surface area contributed by atoms with Gasteiger partial charge in [0.1, 0.15) is 5.82 Å². The Kier molecular flexibility index (Phi) is 14.4. The highest BCUT2D eigenvalue weighted by Gasteiger charge is 2.42. The Balaban J connectivity index is 1.57. The van der Waals surface area contributed by atoms with Crippen LogP contribution in [0.2, 0.25) is 0 Å². The first kappa shape index (κ1) is 36.4. The molecule has 2 aromatic carbocycles. The molecule has 1 aromatic heterocycles. The van der Waals surface area contributed by atoms with Crippen LogP contribution in [-0.4, -0.2) is 40.8 Å². The number of halogens is 5. The summed E-state index contributed by atoms with van der Waals surface area (Å²) in [6.07, 6.45) is 4.41. The summed E-state index contributed by atoms with van der Waals surface area (Å²) in [7, 11) is 0. The van der Waals surface area contributed by atoms with Crippen LogP contribution in [0.4, 0.5) is 22.0 Å². The lowest BCUT2D eigenvalue weighted by molar-refractivity contribution is -0.206. The van der Waals surface area contributed by atoms with E-state index >= 15 is 0 Å². The number of ether oxygens (including phenoxy) is 3. The minimum Gasteiger partial charge on any atom is -0.490 e. The van der Waals surface area contributed by atoms with Gasteiger partial charge in [-0.25, -0.2) is 28.3 Å². The zero-order chi connectivity index (χ0) is 33.5. The van der Waals surface area contributed by atoms with Crippen molar-refractivity contribution in [2.75, 3.05) is 6.61 Å². The SMILES string of the molecule is CCCCCCCCOc1cnc(-c2ccc(C(=O)Oc3ccc(C(=O)OC(CCCCCC)C(F)(F)F)cc3F)cc2F)nc1. The maximum atomic E-state index is 14.9. The minimum atomic E-state index is -4.78. The van der Waals surface area contributed by atoms with Gasteiger partial charge >= 0.3 is 18.1 Å². The van der Waals surface area contributed by atoms with E-state index in [0.29, 0.717) is 24.8 Å². The number of aromatic nitrogens is 2. The van der Waals surface area contributed by atoms with Crippen LogP contribution < -0.4 is 9.47 Å². The molecule has 0 saturated carbocycles. The zero-order valence-corrected chi connectivity index (χ0v) is 26.0. The van der Waals surface area contributed by atoms with Crippen molar-refractivity contribution >= 4 is 11.9 Å². The van der Waals surface area contributed by atoms with Crippen molar-refractivity contribution < 1.29 is 45.8 Å². The van der Waals surface area contributed by atoms with Crippen molar-refractivity contribution in [1.82, 2.24) is 9.97 Å². The fourth-order valence-corrected chi connectivity index (χ4v) is 4.54. The van der Waals surface area contributed by atoms with E-state index in [1.165, 1.54) is 43.8 Å². The van der Waals surface area contributed by atoms with Crippen LogP contribution in [0, 0.1) is 11.6 Å². The van der Waals surface area contributed by atoms with Gasteiger partial charge in [0.2, 0.25) is 0 Å². The Bertz CT molecular complexity index is 1420. The predicted molar refractivity (Wildman–Crippen MR) is 162 cm³/mol. The second kappa shape index (κ2) is 18.2. The number of benzene rings is 2. The maximum absolute atomic E-state index is 14.9. The normalized spacial score (nSPS) is 12.1. The molecule has 3 aromatic rings. The topological polar surface area (TPSA) is 87.6 Å². The van der Waals surface area contributed by atoms with E-state index in [4.69, 9.17) is 9.47 Å². The largest absolute Gasteiger partial charge is 0.490 e. The van der Waals surface area contributed by atoms with Gasteiger partial charge in [-0.3, -0.25) is 0 Å². The summed E-state index contributed by atoms with van der Waals surface area (Å²) in [5.41, 5.74) is -0.732. The van der Waals surface area contributed by atoms with Crippen LogP contribution >= 0.6 is 0 Å². The molecule has 250 valence electrons. The van der Waals surface area contributed by atoms with Gasteiger partial charge in [0.15, 0.2) is 29.2 Å². The van der Waals surface area contributed by atoms with Crippen LogP contribution in [0.1, 0.15) is 105 Å². The molecule has 0 N–H and O–H groups in total. The monoisotopic (exact) mass is 650 g/mol. The third-order valence-electron chi connectivity index (χ3n) is 7.14. The van der Waals surface area contributed by atoms with Gasteiger partial charge in [0.25, 0.3) is 0 Å². The van der Waals surface area contributed by atoms with Gasteiger partial charge in [-0.2, -0.15) is 13.2 Å². The maximum Gasteiger partial charge on any atom is 0.425 e. The Morgan fingerprint density at radius 2 is 1.35 bits per heavy atom.